The molecule has 0 heterocycles. The Hall–Kier alpha value is -1.42. The van der Waals surface area contributed by atoms with Gasteiger partial charge in [0.25, 0.3) is 0 Å². The van der Waals surface area contributed by atoms with E-state index < -0.39 is 12.1 Å². The first-order valence-corrected chi connectivity index (χ1v) is 7.80. The molecule has 0 radical (unpaired) electrons. The lowest BCUT2D eigenvalue weighted by atomic mass is 9.91. The molecule has 118 valence electrons. The van der Waals surface area contributed by atoms with Gasteiger partial charge in [-0.25, -0.2) is 0 Å². The molecule has 1 aliphatic carbocycles. The highest BCUT2D eigenvalue weighted by atomic mass is 16.4. The molecule has 2 N–H and O–H groups in total. The lowest BCUT2D eigenvalue weighted by Gasteiger charge is -2.13. The number of rotatable bonds is 9. The summed E-state index contributed by atoms with van der Waals surface area (Å²) in [7, 11) is 0. The quantitative estimate of drug-likeness (QED) is 0.641. The van der Waals surface area contributed by atoms with Gasteiger partial charge in [-0.3, -0.25) is 9.59 Å². The van der Waals surface area contributed by atoms with E-state index in [2.05, 4.69) is 0 Å². The van der Waals surface area contributed by atoms with Crippen LogP contribution in [0.5, 0.6) is 0 Å². The summed E-state index contributed by atoms with van der Waals surface area (Å²) in [4.78, 5) is 22.3. The molecule has 0 saturated heterocycles. The predicted octanol–water partition coefficient (Wildman–Crippen LogP) is 3.11. The summed E-state index contributed by atoms with van der Waals surface area (Å²) >= 11 is 0. The first-order chi connectivity index (χ1) is 10.0. The van der Waals surface area contributed by atoms with Gasteiger partial charge in [0.15, 0.2) is 0 Å². The van der Waals surface area contributed by atoms with Crippen molar-refractivity contribution in [3.63, 3.8) is 0 Å². The highest BCUT2D eigenvalue weighted by molar-refractivity contribution is 5.83. The molecular formula is C17H26O4. The first-order valence-electron chi connectivity index (χ1n) is 7.80. The summed E-state index contributed by atoms with van der Waals surface area (Å²) in [5, 5.41) is 18.3. The maximum Gasteiger partial charge on any atom is 0.303 e. The molecule has 0 aromatic heterocycles. The fraction of sp³-hybridized carbons (Fsp3) is 0.647. The maximum atomic E-state index is 11.9. The summed E-state index contributed by atoms with van der Waals surface area (Å²) in [5.74, 6) is -0.343. The monoisotopic (exact) mass is 294 g/mol. The predicted molar refractivity (Wildman–Crippen MR) is 81.9 cm³/mol. The first kappa shape index (κ1) is 17.6. The van der Waals surface area contributed by atoms with Crippen LogP contribution >= 0.6 is 0 Å². The normalized spacial score (nSPS) is 24.2. The van der Waals surface area contributed by atoms with Gasteiger partial charge in [-0.1, -0.05) is 37.6 Å². The van der Waals surface area contributed by atoms with Crippen LogP contribution in [0, 0.1) is 11.8 Å². The van der Waals surface area contributed by atoms with E-state index in [1.165, 1.54) is 0 Å². The van der Waals surface area contributed by atoms with Gasteiger partial charge in [0.05, 0.1) is 6.10 Å². The number of carboxylic acid groups (broad SMARTS) is 1. The Morgan fingerprint density at radius 1 is 1.43 bits per heavy atom. The van der Waals surface area contributed by atoms with Crippen LogP contribution in [0.3, 0.4) is 0 Å². The molecule has 4 nitrogen and oxygen atoms in total. The van der Waals surface area contributed by atoms with Gasteiger partial charge in [0.2, 0.25) is 0 Å². The van der Waals surface area contributed by atoms with Gasteiger partial charge in [0, 0.05) is 18.8 Å². The summed E-state index contributed by atoms with van der Waals surface area (Å²) in [6.07, 6.45) is 11.6. The number of allylic oxidation sites excluding steroid dienone is 3. The van der Waals surface area contributed by atoms with Gasteiger partial charge >= 0.3 is 5.97 Å². The summed E-state index contributed by atoms with van der Waals surface area (Å²) in [5.41, 5.74) is 0. The molecule has 0 amide bonds. The molecule has 1 aliphatic rings. The molecule has 0 aromatic carbocycles. The van der Waals surface area contributed by atoms with E-state index in [-0.39, 0.29) is 24.0 Å². The van der Waals surface area contributed by atoms with Crippen molar-refractivity contribution >= 4 is 11.8 Å². The number of hydrogen-bond donors (Lipinski definition) is 2. The molecule has 1 fully saturated rings. The average molecular weight is 294 g/mol. The Balaban J connectivity index is 2.45. The second kappa shape index (κ2) is 9.50. The largest absolute Gasteiger partial charge is 0.481 e. The maximum absolute atomic E-state index is 11.9. The number of ketones is 1. The molecule has 21 heavy (non-hydrogen) atoms. The minimum absolute atomic E-state index is 0.0174. The Morgan fingerprint density at radius 3 is 2.86 bits per heavy atom. The lowest BCUT2D eigenvalue weighted by molar-refractivity contribution is -0.136. The fourth-order valence-corrected chi connectivity index (χ4v) is 2.70. The Kier molecular flexibility index (Phi) is 7.98. The van der Waals surface area contributed by atoms with Gasteiger partial charge in [0.1, 0.15) is 5.78 Å². The van der Waals surface area contributed by atoms with E-state index in [1.807, 2.05) is 31.2 Å². The molecule has 1 rings (SSSR count). The van der Waals surface area contributed by atoms with E-state index in [1.54, 1.807) is 0 Å². The van der Waals surface area contributed by atoms with E-state index in [4.69, 9.17) is 5.11 Å². The minimum atomic E-state index is -0.803. The number of aliphatic hydroxyl groups excluding tert-OH is 1. The molecule has 3 unspecified atom stereocenters. The SMILES string of the molecule is CCCC(O)C=CC1CCC(=O)C1CC=CCCC(=O)O. The smallest absolute Gasteiger partial charge is 0.303 e. The number of aliphatic carboxylic acids is 1. The third-order valence-electron chi connectivity index (χ3n) is 3.90. The minimum Gasteiger partial charge on any atom is -0.481 e. The van der Waals surface area contributed by atoms with Crippen molar-refractivity contribution in [2.75, 3.05) is 0 Å². The number of aliphatic hydroxyl groups is 1. The van der Waals surface area contributed by atoms with Crippen molar-refractivity contribution in [3.8, 4) is 0 Å². The van der Waals surface area contributed by atoms with Crippen LogP contribution in [0.25, 0.3) is 0 Å². The number of Topliss-reactive ketones (excluding diaryl/α,β-unsaturated/α-hetero) is 1. The van der Waals surface area contributed by atoms with Crippen LogP contribution in [0.15, 0.2) is 24.3 Å². The van der Waals surface area contributed by atoms with E-state index in [0.29, 0.717) is 19.3 Å². The number of hydrogen-bond acceptors (Lipinski definition) is 3. The third-order valence-corrected chi connectivity index (χ3v) is 3.90. The van der Waals surface area contributed by atoms with Crippen molar-refractivity contribution in [1.82, 2.24) is 0 Å². The molecule has 4 heteroatoms. The van der Waals surface area contributed by atoms with Crippen molar-refractivity contribution in [1.29, 1.82) is 0 Å². The van der Waals surface area contributed by atoms with Crippen molar-refractivity contribution in [3.05, 3.63) is 24.3 Å². The highest BCUT2D eigenvalue weighted by Crippen LogP contribution is 2.32. The van der Waals surface area contributed by atoms with E-state index >= 15 is 0 Å². The molecular weight excluding hydrogens is 268 g/mol. The van der Waals surface area contributed by atoms with Crippen molar-refractivity contribution in [2.45, 2.75) is 58.0 Å². The van der Waals surface area contributed by atoms with E-state index in [9.17, 15) is 14.7 Å². The molecule has 0 aliphatic heterocycles. The average Bonchev–Trinajstić information content (AvgIpc) is 2.77. The number of carboxylic acids is 1. The van der Waals surface area contributed by atoms with Crippen LogP contribution < -0.4 is 0 Å². The zero-order chi connectivity index (χ0) is 15.7. The zero-order valence-electron chi connectivity index (χ0n) is 12.7. The van der Waals surface area contributed by atoms with Crippen molar-refractivity contribution < 1.29 is 19.8 Å². The Bertz CT molecular complexity index is 398. The standard InChI is InChI=1S/C17H26O4/c1-2-6-14(18)11-9-13-10-12-16(19)15(13)7-4-3-5-8-17(20)21/h3-4,9,11,13-15,18H,2,5-8,10,12H2,1H3,(H,20,21). The second-order valence-electron chi connectivity index (χ2n) is 5.66. The Labute approximate surface area is 126 Å². The van der Waals surface area contributed by atoms with E-state index in [0.717, 1.165) is 19.3 Å². The summed E-state index contributed by atoms with van der Waals surface area (Å²) < 4.78 is 0. The molecule has 3 atom stereocenters. The van der Waals surface area contributed by atoms with Crippen LogP contribution in [-0.2, 0) is 9.59 Å². The topological polar surface area (TPSA) is 74.6 Å². The molecule has 0 aromatic rings. The number of carbonyl (C=O) groups is 2. The molecule has 1 saturated carbocycles. The van der Waals surface area contributed by atoms with Gasteiger partial charge in [-0.05, 0) is 31.6 Å². The summed E-state index contributed by atoms with van der Waals surface area (Å²) in [6.45, 7) is 2.03. The Morgan fingerprint density at radius 2 is 2.19 bits per heavy atom. The van der Waals surface area contributed by atoms with Crippen LogP contribution in [0.1, 0.15) is 51.9 Å². The second-order valence-corrected chi connectivity index (χ2v) is 5.66. The molecule has 0 bridgehead atoms. The zero-order valence-corrected chi connectivity index (χ0v) is 12.7. The third kappa shape index (κ3) is 6.71. The van der Waals surface area contributed by atoms with Crippen LogP contribution in [0.4, 0.5) is 0 Å². The van der Waals surface area contributed by atoms with Gasteiger partial charge in [-0.15, -0.1) is 0 Å². The lowest BCUT2D eigenvalue weighted by Crippen LogP contribution is -2.13. The van der Waals surface area contributed by atoms with Crippen molar-refractivity contribution in [2.24, 2.45) is 11.8 Å². The van der Waals surface area contributed by atoms with Gasteiger partial charge < -0.3 is 10.2 Å². The molecule has 0 spiro atoms. The van der Waals surface area contributed by atoms with Gasteiger partial charge in [-0.2, -0.15) is 0 Å². The van der Waals surface area contributed by atoms with Crippen LogP contribution in [-0.4, -0.2) is 28.1 Å². The van der Waals surface area contributed by atoms with Crippen LogP contribution in [0.2, 0.25) is 0 Å². The number of carbonyl (C=O) groups excluding carboxylic acids is 1. The summed E-state index contributed by atoms with van der Waals surface area (Å²) in [6, 6.07) is 0. The fourth-order valence-electron chi connectivity index (χ4n) is 2.70. The highest BCUT2D eigenvalue weighted by Gasteiger charge is 2.31.